The fraction of sp³-hybridized carbons (Fsp3) is 0.350. The van der Waals surface area contributed by atoms with E-state index in [2.05, 4.69) is 58.0 Å². The SMILES string of the molecule is CN=C(NCCCc1c[nH]c2ccccc12)NC(C)c1ccc(C)o1.I. The third-order valence-electron chi connectivity index (χ3n) is 4.36. The number of guanidine groups is 1. The molecule has 26 heavy (non-hydrogen) atoms. The van der Waals surface area contributed by atoms with E-state index in [0.29, 0.717) is 0 Å². The number of rotatable bonds is 6. The summed E-state index contributed by atoms with van der Waals surface area (Å²) in [7, 11) is 1.79. The molecule has 3 aromatic rings. The molecule has 1 unspecified atom stereocenters. The van der Waals surface area contributed by atoms with Crippen molar-refractivity contribution < 1.29 is 4.42 Å². The number of hydrogen-bond donors (Lipinski definition) is 3. The van der Waals surface area contributed by atoms with E-state index in [-0.39, 0.29) is 30.0 Å². The van der Waals surface area contributed by atoms with Crippen molar-refractivity contribution in [3.05, 3.63) is 59.7 Å². The fourth-order valence-corrected chi connectivity index (χ4v) is 2.98. The first-order chi connectivity index (χ1) is 12.2. The topological polar surface area (TPSA) is 65.3 Å². The second-order valence-electron chi connectivity index (χ2n) is 6.28. The van der Waals surface area contributed by atoms with E-state index < -0.39 is 0 Å². The summed E-state index contributed by atoms with van der Waals surface area (Å²) in [6, 6.07) is 12.5. The van der Waals surface area contributed by atoms with Crippen LogP contribution in [-0.4, -0.2) is 24.5 Å². The van der Waals surface area contributed by atoms with Crippen molar-refractivity contribution in [2.75, 3.05) is 13.6 Å². The van der Waals surface area contributed by atoms with Crippen molar-refractivity contribution in [2.24, 2.45) is 4.99 Å². The molecule has 1 aromatic carbocycles. The zero-order chi connectivity index (χ0) is 17.6. The van der Waals surface area contributed by atoms with Gasteiger partial charge in [0, 0.05) is 30.7 Å². The Kier molecular flexibility index (Phi) is 7.56. The normalized spacial score (nSPS) is 12.7. The lowest BCUT2D eigenvalue weighted by molar-refractivity contribution is 0.441. The standard InChI is InChI=1S/C20H26N4O.HI/c1-14-10-11-19(25-14)15(2)24-20(21-3)22-12-6-7-16-13-23-18-9-5-4-8-17(16)18;/h4-5,8-11,13,15,23H,6-7,12H2,1-3H3,(H2,21,22,24);1H. The summed E-state index contributed by atoms with van der Waals surface area (Å²) in [5, 5.41) is 8.04. The molecule has 0 aliphatic carbocycles. The van der Waals surface area contributed by atoms with Gasteiger partial charge in [0.05, 0.1) is 6.04 Å². The van der Waals surface area contributed by atoms with Crippen LogP contribution < -0.4 is 10.6 Å². The van der Waals surface area contributed by atoms with E-state index >= 15 is 0 Å². The zero-order valence-corrected chi connectivity index (χ0v) is 17.8. The largest absolute Gasteiger partial charge is 0.464 e. The highest BCUT2D eigenvalue weighted by molar-refractivity contribution is 14.0. The summed E-state index contributed by atoms with van der Waals surface area (Å²) in [6.45, 7) is 4.88. The number of H-pyrrole nitrogens is 1. The minimum absolute atomic E-state index is 0. The molecular formula is C20H27IN4O. The van der Waals surface area contributed by atoms with Gasteiger partial charge >= 0.3 is 0 Å². The highest BCUT2D eigenvalue weighted by Gasteiger charge is 2.11. The maximum Gasteiger partial charge on any atom is 0.191 e. The van der Waals surface area contributed by atoms with Gasteiger partial charge in [-0.1, -0.05) is 18.2 Å². The molecule has 2 aromatic heterocycles. The molecule has 0 aliphatic rings. The van der Waals surface area contributed by atoms with Gasteiger partial charge in [-0.05, 0) is 50.5 Å². The highest BCUT2D eigenvalue weighted by atomic mass is 127. The first kappa shape index (κ1) is 20.4. The van der Waals surface area contributed by atoms with Crippen molar-refractivity contribution in [1.82, 2.24) is 15.6 Å². The molecule has 0 fully saturated rings. The Labute approximate surface area is 171 Å². The molecule has 0 amide bonds. The van der Waals surface area contributed by atoms with Crippen molar-refractivity contribution in [3.8, 4) is 0 Å². The summed E-state index contributed by atoms with van der Waals surface area (Å²) in [6.07, 6.45) is 4.18. The first-order valence-corrected chi connectivity index (χ1v) is 8.76. The molecule has 3 rings (SSSR count). The monoisotopic (exact) mass is 466 g/mol. The number of halogens is 1. The van der Waals surface area contributed by atoms with Crippen molar-refractivity contribution >= 4 is 40.8 Å². The molecule has 0 bridgehead atoms. The molecule has 0 spiro atoms. The molecule has 0 saturated carbocycles. The Hall–Kier alpha value is -1.96. The van der Waals surface area contributed by atoms with Crippen LogP contribution in [0, 0.1) is 6.92 Å². The zero-order valence-electron chi connectivity index (χ0n) is 15.5. The number of nitrogens with zero attached hydrogens (tertiary/aromatic N) is 1. The lowest BCUT2D eigenvalue weighted by Gasteiger charge is -2.16. The third kappa shape index (κ3) is 5.03. The Bertz CT molecular complexity index is 852. The van der Waals surface area contributed by atoms with Crippen molar-refractivity contribution in [2.45, 2.75) is 32.7 Å². The van der Waals surface area contributed by atoms with Crippen LogP contribution in [0.4, 0.5) is 0 Å². The van der Waals surface area contributed by atoms with Gasteiger partial charge in [-0.15, -0.1) is 24.0 Å². The quantitative estimate of drug-likeness (QED) is 0.216. The van der Waals surface area contributed by atoms with Gasteiger partial charge in [0.15, 0.2) is 5.96 Å². The van der Waals surface area contributed by atoms with E-state index in [0.717, 1.165) is 36.9 Å². The molecule has 2 heterocycles. The van der Waals surface area contributed by atoms with E-state index in [4.69, 9.17) is 4.42 Å². The van der Waals surface area contributed by atoms with Crippen LogP contribution in [-0.2, 0) is 6.42 Å². The maximum absolute atomic E-state index is 5.66. The van der Waals surface area contributed by atoms with Crippen LogP contribution in [0.15, 0.2) is 52.0 Å². The van der Waals surface area contributed by atoms with Gasteiger partial charge in [0.1, 0.15) is 11.5 Å². The summed E-state index contributed by atoms with van der Waals surface area (Å²) in [5.41, 5.74) is 2.56. The molecule has 6 heteroatoms. The lowest BCUT2D eigenvalue weighted by atomic mass is 10.1. The van der Waals surface area contributed by atoms with E-state index in [1.54, 1.807) is 7.05 Å². The Balaban J connectivity index is 0.00000243. The van der Waals surface area contributed by atoms with Crippen molar-refractivity contribution in [3.63, 3.8) is 0 Å². The van der Waals surface area contributed by atoms with Crippen LogP contribution >= 0.6 is 24.0 Å². The van der Waals surface area contributed by atoms with Gasteiger partial charge in [-0.2, -0.15) is 0 Å². The number of nitrogens with one attached hydrogen (secondary N) is 3. The van der Waals surface area contributed by atoms with E-state index in [1.807, 2.05) is 19.1 Å². The van der Waals surface area contributed by atoms with Gasteiger partial charge in [0.25, 0.3) is 0 Å². The minimum Gasteiger partial charge on any atom is -0.464 e. The molecular weight excluding hydrogens is 439 g/mol. The van der Waals surface area contributed by atoms with Crippen LogP contribution in [0.25, 0.3) is 10.9 Å². The second kappa shape index (κ2) is 9.66. The number of furan rings is 1. The minimum atomic E-state index is 0. The predicted octanol–water partition coefficient (Wildman–Crippen LogP) is 4.55. The van der Waals surface area contributed by atoms with E-state index in [9.17, 15) is 0 Å². The predicted molar refractivity (Wildman–Crippen MR) is 118 cm³/mol. The van der Waals surface area contributed by atoms with Gasteiger partial charge in [0.2, 0.25) is 0 Å². The summed E-state index contributed by atoms with van der Waals surface area (Å²) in [4.78, 5) is 7.62. The summed E-state index contributed by atoms with van der Waals surface area (Å²) in [5.74, 6) is 2.63. The Morgan fingerprint density at radius 1 is 1.23 bits per heavy atom. The average Bonchev–Trinajstić information content (AvgIpc) is 3.24. The number of hydrogen-bond acceptors (Lipinski definition) is 2. The smallest absolute Gasteiger partial charge is 0.191 e. The highest BCUT2D eigenvalue weighted by Crippen LogP contribution is 2.19. The Morgan fingerprint density at radius 3 is 2.77 bits per heavy atom. The molecule has 0 saturated heterocycles. The molecule has 5 nitrogen and oxygen atoms in total. The van der Waals surface area contributed by atoms with Gasteiger partial charge in [-0.25, -0.2) is 0 Å². The Morgan fingerprint density at radius 2 is 2.04 bits per heavy atom. The molecule has 140 valence electrons. The van der Waals surface area contributed by atoms with Gasteiger partial charge in [-0.3, -0.25) is 4.99 Å². The second-order valence-corrected chi connectivity index (χ2v) is 6.28. The van der Waals surface area contributed by atoms with Crippen LogP contribution in [0.2, 0.25) is 0 Å². The van der Waals surface area contributed by atoms with Crippen LogP contribution in [0.1, 0.15) is 36.5 Å². The number of aryl methyl sites for hydroxylation is 2. The number of fused-ring (bicyclic) bond motifs is 1. The third-order valence-corrected chi connectivity index (χ3v) is 4.36. The number of aromatic amines is 1. The molecule has 3 N–H and O–H groups in total. The lowest BCUT2D eigenvalue weighted by Crippen LogP contribution is -2.39. The number of aliphatic imine (C=N–C) groups is 1. The first-order valence-electron chi connectivity index (χ1n) is 8.76. The van der Waals surface area contributed by atoms with Crippen molar-refractivity contribution in [1.29, 1.82) is 0 Å². The average molecular weight is 466 g/mol. The van der Waals surface area contributed by atoms with Crippen LogP contribution in [0.3, 0.4) is 0 Å². The molecule has 0 radical (unpaired) electrons. The fourth-order valence-electron chi connectivity index (χ4n) is 2.98. The van der Waals surface area contributed by atoms with E-state index in [1.165, 1.54) is 16.5 Å². The summed E-state index contributed by atoms with van der Waals surface area (Å²) < 4.78 is 5.66. The number of aromatic nitrogens is 1. The molecule has 0 aliphatic heterocycles. The summed E-state index contributed by atoms with van der Waals surface area (Å²) >= 11 is 0. The van der Waals surface area contributed by atoms with Gasteiger partial charge < -0.3 is 20.0 Å². The molecule has 1 atom stereocenters. The maximum atomic E-state index is 5.66. The number of benzene rings is 1. The van der Waals surface area contributed by atoms with Crippen LogP contribution in [0.5, 0.6) is 0 Å². The number of para-hydroxylation sites is 1.